The number of nitrogens with zero attached hydrogens (tertiary/aromatic N) is 1. The van der Waals surface area contributed by atoms with Crippen molar-refractivity contribution in [3.63, 3.8) is 0 Å². The highest BCUT2D eigenvalue weighted by Gasteiger charge is 2.22. The van der Waals surface area contributed by atoms with Gasteiger partial charge in [-0.3, -0.25) is 4.90 Å². The fourth-order valence-corrected chi connectivity index (χ4v) is 1.91. The van der Waals surface area contributed by atoms with Crippen molar-refractivity contribution in [1.29, 1.82) is 0 Å². The lowest BCUT2D eigenvalue weighted by molar-refractivity contribution is 0.140. The van der Waals surface area contributed by atoms with Gasteiger partial charge in [-0.05, 0) is 31.0 Å². The first kappa shape index (κ1) is 11.0. The summed E-state index contributed by atoms with van der Waals surface area (Å²) in [4.78, 5) is 13.3. The second-order valence-electron chi connectivity index (χ2n) is 3.79. The molecule has 1 aliphatic rings. The normalized spacial score (nSPS) is 16.1. The lowest BCUT2D eigenvalue weighted by Crippen LogP contribution is -2.38. The SMILES string of the molecule is NCCc1ccccc1N1CCCOC1=O. The Morgan fingerprint density at radius 2 is 2.19 bits per heavy atom. The molecule has 0 spiro atoms. The Kier molecular flexibility index (Phi) is 3.41. The Hall–Kier alpha value is -1.55. The number of rotatable bonds is 3. The summed E-state index contributed by atoms with van der Waals surface area (Å²) >= 11 is 0. The van der Waals surface area contributed by atoms with Gasteiger partial charge in [-0.1, -0.05) is 18.2 Å². The van der Waals surface area contributed by atoms with Crippen molar-refractivity contribution in [1.82, 2.24) is 0 Å². The molecule has 0 bridgehead atoms. The molecular formula is C12H16N2O2. The number of cyclic esters (lactones) is 1. The zero-order valence-corrected chi connectivity index (χ0v) is 9.19. The summed E-state index contributed by atoms with van der Waals surface area (Å²) in [7, 11) is 0. The summed E-state index contributed by atoms with van der Waals surface area (Å²) < 4.78 is 5.03. The topological polar surface area (TPSA) is 55.6 Å². The largest absolute Gasteiger partial charge is 0.449 e. The van der Waals surface area contributed by atoms with Gasteiger partial charge in [0.1, 0.15) is 0 Å². The molecule has 0 unspecified atom stereocenters. The maximum absolute atomic E-state index is 11.6. The molecular weight excluding hydrogens is 204 g/mol. The van der Waals surface area contributed by atoms with Crippen molar-refractivity contribution in [2.45, 2.75) is 12.8 Å². The Morgan fingerprint density at radius 1 is 1.38 bits per heavy atom. The minimum atomic E-state index is -0.254. The number of amides is 1. The van der Waals surface area contributed by atoms with E-state index in [0.29, 0.717) is 13.2 Å². The molecule has 1 saturated heterocycles. The summed E-state index contributed by atoms with van der Waals surface area (Å²) in [5.74, 6) is 0. The van der Waals surface area contributed by atoms with Crippen molar-refractivity contribution in [2.75, 3.05) is 24.6 Å². The van der Waals surface area contributed by atoms with E-state index in [1.807, 2.05) is 24.3 Å². The number of carbonyl (C=O) groups is 1. The first-order chi connectivity index (χ1) is 7.83. The van der Waals surface area contributed by atoms with E-state index < -0.39 is 0 Å². The van der Waals surface area contributed by atoms with Crippen LogP contribution in [-0.4, -0.2) is 25.8 Å². The minimum absolute atomic E-state index is 0.254. The number of ether oxygens (including phenoxy) is 1. The van der Waals surface area contributed by atoms with Crippen molar-refractivity contribution in [2.24, 2.45) is 5.73 Å². The number of hydrogen-bond acceptors (Lipinski definition) is 3. The quantitative estimate of drug-likeness (QED) is 0.840. The molecule has 0 aromatic heterocycles. The molecule has 0 saturated carbocycles. The van der Waals surface area contributed by atoms with Crippen LogP contribution in [0, 0.1) is 0 Å². The molecule has 1 fully saturated rings. The maximum Gasteiger partial charge on any atom is 0.414 e. The Balaban J connectivity index is 2.27. The third kappa shape index (κ3) is 2.17. The predicted molar refractivity (Wildman–Crippen MR) is 62.5 cm³/mol. The second kappa shape index (κ2) is 4.99. The number of anilines is 1. The van der Waals surface area contributed by atoms with Crippen LogP contribution in [0.2, 0.25) is 0 Å². The van der Waals surface area contributed by atoms with E-state index in [9.17, 15) is 4.79 Å². The van der Waals surface area contributed by atoms with E-state index in [4.69, 9.17) is 10.5 Å². The molecule has 1 aliphatic heterocycles. The lowest BCUT2D eigenvalue weighted by Gasteiger charge is -2.28. The number of hydrogen-bond donors (Lipinski definition) is 1. The van der Waals surface area contributed by atoms with Gasteiger partial charge in [-0.15, -0.1) is 0 Å². The van der Waals surface area contributed by atoms with E-state index in [0.717, 1.165) is 30.6 Å². The van der Waals surface area contributed by atoms with E-state index in [1.165, 1.54) is 0 Å². The van der Waals surface area contributed by atoms with Crippen LogP contribution >= 0.6 is 0 Å². The van der Waals surface area contributed by atoms with E-state index in [1.54, 1.807) is 4.90 Å². The first-order valence-corrected chi connectivity index (χ1v) is 5.55. The summed E-state index contributed by atoms with van der Waals surface area (Å²) in [6, 6.07) is 7.84. The van der Waals surface area contributed by atoms with Crippen LogP contribution in [0.15, 0.2) is 24.3 Å². The van der Waals surface area contributed by atoms with Crippen molar-refractivity contribution >= 4 is 11.8 Å². The molecule has 4 heteroatoms. The fraction of sp³-hybridized carbons (Fsp3) is 0.417. The second-order valence-corrected chi connectivity index (χ2v) is 3.79. The average Bonchev–Trinajstić information content (AvgIpc) is 2.31. The smallest absolute Gasteiger partial charge is 0.414 e. The highest BCUT2D eigenvalue weighted by Crippen LogP contribution is 2.23. The monoisotopic (exact) mass is 220 g/mol. The summed E-state index contributed by atoms with van der Waals surface area (Å²) in [6.07, 6.45) is 1.40. The molecule has 1 amide bonds. The van der Waals surface area contributed by atoms with E-state index in [2.05, 4.69) is 0 Å². The van der Waals surface area contributed by atoms with Gasteiger partial charge < -0.3 is 10.5 Å². The average molecular weight is 220 g/mol. The van der Waals surface area contributed by atoms with Crippen molar-refractivity contribution in [3.8, 4) is 0 Å². The number of benzene rings is 1. The van der Waals surface area contributed by atoms with Crippen molar-refractivity contribution < 1.29 is 9.53 Å². The zero-order valence-electron chi connectivity index (χ0n) is 9.19. The van der Waals surface area contributed by atoms with Gasteiger partial charge in [0, 0.05) is 6.54 Å². The molecule has 0 atom stereocenters. The number of nitrogens with two attached hydrogens (primary N) is 1. The van der Waals surface area contributed by atoms with Gasteiger partial charge in [0.15, 0.2) is 0 Å². The van der Waals surface area contributed by atoms with Gasteiger partial charge >= 0.3 is 6.09 Å². The van der Waals surface area contributed by atoms with Gasteiger partial charge in [0.25, 0.3) is 0 Å². The Labute approximate surface area is 95.0 Å². The first-order valence-electron chi connectivity index (χ1n) is 5.55. The van der Waals surface area contributed by atoms with Gasteiger partial charge in [0.05, 0.1) is 12.3 Å². The summed E-state index contributed by atoms with van der Waals surface area (Å²) in [5.41, 5.74) is 7.59. The van der Waals surface area contributed by atoms with Crippen LogP contribution in [0.5, 0.6) is 0 Å². The van der Waals surface area contributed by atoms with Crippen molar-refractivity contribution in [3.05, 3.63) is 29.8 Å². The van der Waals surface area contributed by atoms with Gasteiger partial charge in [0.2, 0.25) is 0 Å². The molecule has 16 heavy (non-hydrogen) atoms. The molecule has 2 N–H and O–H groups in total. The maximum atomic E-state index is 11.6. The number of para-hydroxylation sites is 1. The third-order valence-corrected chi connectivity index (χ3v) is 2.67. The zero-order chi connectivity index (χ0) is 11.4. The van der Waals surface area contributed by atoms with Crippen LogP contribution in [-0.2, 0) is 11.2 Å². The van der Waals surface area contributed by atoms with Crippen LogP contribution in [0.25, 0.3) is 0 Å². The highest BCUT2D eigenvalue weighted by atomic mass is 16.6. The molecule has 4 nitrogen and oxygen atoms in total. The molecule has 1 aromatic carbocycles. The molecule has 1 heterocycles. The Morgan fingerprint density at radius 3 is 2.94 bits per heavy atom. The van der Waals surface area contributed by atoms with Gasteiger partial charge in [-0.2, -0.15) is 0 Å². The van der Waals surface area contributed by atoms with Crippen LogP contribution in [0.3, 0.4) is 0 Å². The van der Waals surface area contributed by atoms with Crippen LogP contribution < -0.4 is 10.6 Å². The van der Waals surface area contributed by atoms with E-state index in [-0.39, 0.29) is 6.09 Å². The van der Waals surface area contributed by atoms with Crippen LogP contribution in [0.4, 0.5) is 10.5 Å². The molecule has 0 radical (unpaired) electrons. The highest BCUT2D eigenvalue weighted by molar-refractivity contribution is 5.89. The molecule has 0 aliphatic carbocycles. The van der Waals surface area contributed by atoms with Gasteiger partial charge in [-0.25, -0.2) is 4.79 Å². The fourth-order valence-electron chi connectivity index (χ4n) is 1.91. The summed E-state index contributed by atoms with van der Waals surface area (Å²) in [6.45, 7) is 1.83. The third-order valence-electron chi connectivity index (χ3n) is 2.67. The molecule has 1 aromatic rings. The lowest BCUT2D eigenvalue weighted by atomic mass is 10.1. The summed E-state index contributed by atoms with van der Waals surface area (Å²) in [5, 5.41) is 0. The minimum Gasteiger partial charge on any atom is -0.449 e. The number of carbonyl (C=O) groups excluding carboxylic acids is 1. The Bertz CT molecular complexity index is 379. The standard InChI is InChI=1S/C12H16N2O2/c13-7-6-10-4-1-2-5-11(10)14-8-3-9-16-12(14)15/h1-2,4-5H,3,6-9,13H2. The van der Waals surface area contributed by atoms with E-state index >= 15 is 0 Å². The molecule has 2 rings (SSSR count). The van der Waals surface area contributed by atoms with Crippen LogP contribution in [0.1, 0.15) is 12.0 Å². The predicted octanol–water partition coefficient (Wildman–Crippen LogP) is 1.53. The molecule has 86 valence electrons.